The third-order valence-corrected chi connectivity index (χ3v) is 7.66. The minimum Gasteiger partial charge on any atom is -0.508 e. The molecule has 1 aliphatic heterocycles. The van der Waals surface area contributed by atoms with E-state index in [0.29, 0.717) is 24.1 Å². The Morgan fingerprint density at radius 2 is 1.91 bits per heavy atom. The molecule has 176 valence electrons. The highest BCUT2D eigenvalue weighted by atomic mass is 16.3. The number of amides is 1. The second-order valence-corrected chi connectivity index (χ2v) is 9.79. The van der Waals surface area contributed by atoms with E-state index in [1.807, 2.05) is 25.1 Å². The molecule has 7 N–H and O–H groups in total. The number of phenols is 1. The Hall–Kier alpha value is -3.08. The molecule has 0 saturated carbocycles. The third kappa shape index (κ3) is 2.65. The number of Topliss-reactive ketones (excluding diaryl/α,β-unsaturated/α-hetero) is 1. The number of nitrogens with one attached hydrogen (secondary N) is 2. The topological polar surface area (TPSA) is 151 Å². The summed E-state index contributed by atoms with van der Waals surface area (Å²) in [6.45, 7) is 0. The average molecular weight is 456 g/mol. The maximum atomic E-state index is 13.2. The Morgan fingerprint density at radius 1 is 1.21 bits per heavy atom. The Balaban J connectivity index is 1.76. The number of hydrogen-bond donors (Lipinski definition) is 6. The number of fused-ring (bicyclic) bond motifs is 4. The molecule has 3 aliphatic carbocycles. The van der Waals surface area contributed by atoms with Gasteiger partial charge in [-0.1, -0.05) is 0 Å². The number of likely N-dealkylation sites (N-methyl/N-ethyl adjacent to an activating group) is 1. The first-order valence-corrected chi connectivity index (χ1v) is 10.9. The predicted octanol–water partition coefficient (Wildman–Crippen LogP) is -0.405. The molecule has 0 bridgehead atoms. The number of anilines is 1. The van der Waals surface area contributed by atoms with Crippen molar-refractivity contribution in [3.8, 4) is 5.75 Å². The number of aliphatic hydroxyl groups excluding tert-OH is 1. The molecule has 1 aromatic rings. The zero-order valence-electron chi connectivity index (χ0n) is 19.0. The molecule has 1 heterocycles. The van der Waals surface area contributed by atoms with E-state index in [1.54, 1.807) is 25.1 Å². The third-order valence-electron chi connectivity index (χ3n) is 7.66. The van der Waals surface area contributed by atoms with Crippen LogP contribution in [0.4, 0.5) is 5.69 Å². The van der Waals surface area contributed by atoms with Crippen molar-refractivity contribution in [1.82, 2.24) is 15.8 Å². The maximum Gasteiger partial charge on any atom is 0.255 e. The molecule has 4 aliphatic rings. The number of carbonyl (C=O) groups is 2. The number of aromatic hydroxyl groups is 1. The molecule has 5 atom stereocenters. The molecule has 10 heteroatoms. The largest absolute Gasteiger partial charge is 0.508 e. The monoisotopic (exact) mass is 455 g/mol. The number of phenolic OH excluding ortho intramolecular Hbond substituents is 1. The number of rotatable bonds is 3. The molecule has 0 aromatic heterocycles. The minimum absolute atomic E-state index is 0.0519. The zero-order chi connectivity index (χ0) is 24.0. The first-order valence-electron chi connectivity index (χ1n) is 10.9. The molecule has 0 radical (unpaired) electrons. The molecule has 0 spiro atoms. The van der Waals surface area contributed by atoms with Crippen molar-refractivity contribution in [3.63, 3.8) is 0 Å². The zero-order valence-corrected chi connectivity index (χ0v) is 19.0. The van der Waals surface area contributed by atoms with E-state index in [4.69, 9.17) is 5.73 Å². The van der Waals surface area contributed by atoms with E-state index in [1.165, 1.54) is 0 Å². The lowest BCUT2D eigenvalue weighted by Crippen LogP contribution is -2.63. The van der Waals surface area contributed by atoms with Crippen LogP contribution in [0.3, 0.4) is 0 Å². The van der Waals surface area contributed by atoms with Crippen LogP contribution < -0.4 is 21.5 Å². The number of nitrogens with zero attached hydrogens (tertiary/aromatic N) is 2. The van der Waals surface area contributed by atoms with Crippen molar-refractivity contribution >= 4 is 17.4 Å². The number of hydrogen-bond acceptors (Lipinski definition) is 9. The van der Waals surface area contributed by atoms with Crippen molar-refractivity contribution in [1.29, 1.82) is 0 Å². The van der Waals surface area contributed by atoms with Crippen molar-refractivity contribution in [2.45, 2.75) is 30.5 Å². The Kier molecular flexibility index (Phi) is 4.59. The summed E-state index contributed by atoms with van der Waals surface area (Å²) in [4.78, 5) is 29.0. The molecule has 33 heavy (non-hydrogen) atoms. The van der Waals surface area contributed by atoms with Gasteiger partial charge in [0.2, 0.25) is 0 Å². The smallest absolute Gasteiger partial charge is 0.255 e. The lowest BCUT2D eigenvalue weighted by Gasteiger charge is -2.51. The van der Waals surface area contributed by atoms with Crippen LogP contribution in [0.25, 0.3) is 0 Å². The average Bonchev–Trinajstić information content (AvgIpc) is 3.17. The fourth-order valence-electron chi connectivity index (χ4n) is 6.37. The van der Waals surface area contributed by atoms with Gasteiger partial charge in [-0.15, -0.1) is 0 Å². The molecular weight excluding hydrogens is 426 g/mol. The Bertz CT molecular complexity index is 1160. The summed E-state index contributed by atoms with van der Waals surface area (Å²) in [5, 5.41) is 33.8. The summed E-state index contributed by atoms with van der Waals surface area (Å²) < 4.78 is 0. The second kappa shape index (κ2) is 6.96. The SMILES string of the molecule is CN(C)c1ccc(O)c2c1C[C@H]1C[C@H]3[C@H](N(C)C)C(=O)C(C(N)=O)=C(O)[C@@]3(O)C3=C1C2NN3. The number of benzene rings is 1. The highest BCUT2D eigenvalue weighted by molar-refractivity contribution is 6.22. The van der Waals surface area contributed by atoms with Crippen molar-refractivity contribution in [3.05, 3.63) is 45.9 Å². The van der Waals surface area contributed by atoms with Crippen LogP contribution in [0.5, 0.6) is 5.75 Å². The molecule has 10 nitrogen and oxygen atoms in total. The van der Waals surface area contributed by atoms with Gasteiger partial charge >= 0.3 is 0 Å². The van der Waals surface area contributed by atoms with E-state index < -0.39 is 46.6 Å². The minimum atomic E-state index is -1.99. The van der Waals surface area contributed by atoms with Crippen LogP contribution in [0.1, 0.15) is 23.6 Å². The number of hydrazine groups is 1. The summed E-state index contributed by atoms with van der Waals surface area (Å²) in [5.41, 5.74) is 12.9. The van der Waals surface area contributed by atoms with Crippen molar-refractivity contribution in [2.24, 2.45) is 17.6 Å². The van der Waals surface area contributed by atoms with Gasteiger partial charge in [-0.05, 0) is 56.1 Å². The number of primary amides is 1. The number of aliphatic hydroxyl groups is 2. The molecule has 0 saturated heterocycles. The summed E-state index contributed by atoms with van der Waals surface area (Å²) >= 11 is 0. The van der Waals surface area contributed by atoms with E-state index in [9.17, 15) is 24.9 Å². The Labute approximate surface area is 191 Å². The highest BCUT2D eigenvalue weighted by Gasteiger charge is 2.63. The summed E-state index contributed by atoms with van der Waals surface area (Å²) in [6, 6.07) is 2.26. The first kappa shape index (κ1) is 21.7. The van der Waals surface area contributed by atoms with Gasteiger partial charge in [0.05, 0.1) is 17.8 Å². The van der Waals surface area contributed by atoms with Crippen LogP contribution in [0, 0.1) is 11.8 Å². The van der Waals surface area contributed by atoms with Gasteiger partial charge in [0.1, 0.15) is 17.1 Å². The fourth-order valence-corrected chi connectivity index (χ4v) is 6.37. The van der Waals surface area contributed by atoms with Gasteiger partial charge in [-0.25, -0.2) is 5.43 Å². The number of ketones is 1. The van der Waals surface area contributed by atoms with Crippen LogP contribution in [-0.2, 0) is 16.0 Å². The molecular formula is C23H29N5O5. The fraction of sp³-hybridized carbons (Fsp3) is 0.478. The van der Waals surface area contributed by atoms with E-state index >= 15 is 0 Å². The van der Waals surface area contributed by atoms with Crippen LogP contribution >= 0.6 is 0 Å². The quantitative estimate of drug-likeness (QED) is 0.334. The molecule has 1 amide bonds. The van der Waals surface area contributed by atoms with E-state index in [0.717, 1.165) is 16.8 Å². The standard InChI is InChI=1S/C23H29N5O5/c1-27(2)12-5-6-13(29)15-10(12)7-9-8-11-18(28(3)4)19(30)16(22(24)32)21(31)23(11,33)20-14(9)17(15)25-26-20/h5-6,9,11,17-18,25-26,29,31,33H,7-8H2,1-4H3,(H2,24,32)/t9-,11-,17?,18-,23-/m0/s1. The summed E-state index contributed by atoms with van der Waals surface area (Å²) in [6.07, 6.45) is 1.01. The normalized spacial score (nSPS) is 32.4. The predicted molar refractivity (Wildman–Crippen MR) is 120 cm³/mol. The molecule has 1 unspecified atom stereocenters. The van der Waals surface area contributed by atoms with Gasteiger partial charge in [0, 0.05) is 31.3 Å². The van der Waals surface area contributed by atoms with Gasteiger partial charge in [0.25, 0.3) is 5.91 Å². The summed E-state index contributed by atoms with van der Waals surface area (Å²) in [7, 11) is 7.30. The van der Waals surface area contributed by atoms with Crippen LogP contribution in [-0.4, -0.2) is 71.7 Å². The highest BCUT2D eigenvalue weighted by Crippen LogP contribution is 2.57. The van der Waals surface area contributed by atoms with E-state index in [-0.39, 0.29) is 11.7 Å². The molecule has 0 fully saturated rings. The molecule has 1 aromatic carbocycles. The van der Waals surface area contributed by atoms with Gasteiger partial charge in [-0.2, -0.15) is 0 Å². The second-order valence-electron chi connectivity index (χ2n) is 9.79. The Morgan fingerprint density at radius 3 is 2.52 bits per heavy atom. The van der Waals surface area contributed by atoms with Gasteiger partial charge < -0.3 is 31.4 Å². The van der Waals surface area contributed by atoms with Gasteiger partial charge in [0.15, 0.2) is 11.4 Å². The van der Waals surface area contributed by atoms with Crippen molar-refractivity contribution < 1.29 is 24.9 Å². The number of carbonyl (C=O) groups excluding carboxylic acids is 2. The van der Waals surface area contributed by atoms with Crippen molar-refractivity contribution in [2.75, 3.05) is 33.1 Å². The maximum absolute atomic E-state index is 13.2. The van der Waals surface area contributed by atoms with Crippen LogP contribution in [0.15, 0.2) is 34.7 Å². The summed E-state index contributed by atoms with van der Waals surface area (Å²) in [5.74, 6) is -3.00. The molecule has 5 rings (SSSR count). The lowest BCUT2D eigenvalue weighted by atomic mass is 9.58. The lowest BCUT2D eigenvalue weighted by molar-refractivity contribution is -0.134. The van der Waals surface area contributed by atoms with E-state index in [2.05, 4.69) is 10.9 Å². The van der Waals surface area contributed by atoms with Gasteiger partial charge in [-0.3, -0.25) is 14.5 Å². The first-order chi connectivity index (χ1) is 15.5. The number of nitrogens with two attached hydrogens (primary N) is 1. The van der Waals surface area contributed by atoms with Crippen LogP contribution in [0.2, 0.25) is 0 Å².